The number of hydrogen-bond donors (Lipinski definition) is 1. The molecule has 256 valence electrons. The number of aliphatic hydroxyl groups excluding tert-OH is 1. The van der Waals surface area contributed by atoms with Crippen molar-refractivity contribution in [2.24, 2.45) is 5.41 Å². The number of allylic oxidation sites excluding steroid dienone is 2. The van der Waals surface area contributed by atoms with Gasteiger partial charge in [-0.25, -0.2) is 4.79 Å². The first kappa shape index (κ1) is 33.4. The molecule has 2 heterocycles. The number of hydrogen-bond acceptors (Lipinski definition) is 7. The van der Waals surface area contributed by atoms with Gasteiger partial charge in [0.15, 0.2) is 0 Å². The van der Waals surface area contributed by atoms with E-state index in [0.29, 0.717) is 54.3 Å². The van der Waals surface area contributed by atoms with Gasteiger partial charge in [-0.3, -0.25) is 9.69 Å². The fourth-order valence-corrected chi connectivity index (χ4v) is 9.54. The van der Waals surface area contributed by atoms with Gasteiger partial charge in [0.2, 0.25) is 5.78 Å². The molecule has 7 nitrogen and oxygen atoms in total. The molecule has 0 radical (unpaired) electrons. The first-order valence-corrected chi connectivity index (χ1v) is 18.1. The predicted molar refractivity (Wildman–Crippen MR) is 193 cm³/mol. The van der Waals surface area contributed by atoms with Gasteiger partial charge in [-0.1, -0.05) is 48.9 Å². The molecular weight excluding hydrogens is 635 g/mol. The Balaban J connectivity index is 1.29. The Labute approximate surface area is 292 Å². The Morgan fingerprint density at radius 1 is 1.04 bits per heavy atom. The summed E-state index contributed by atoms with van der Waals surface area (Å²) in [7, 11) is 3.24. The van der Waals surface area contributed by atoms with Crippen molar-refractivity contribution in [3.63, 3.8) is 0 Å². The first-order chi connectivity index (χ1) is 23.6. The van der Waals surface area contributed by atoms with Crippen molar-refractivity contribution < 1.29 is 28.9 Å². The topological polar surface area (TPSA) is 85.3 Å². The number of aliphatic hydroxyl groups is 1. The smallest absolute Gasteiger partial charge is 0.410 e. The second kappa shape index (κ2) is 13.3. The summed E-state index contributed by atoms with van der Waals surface area (Å²) in [5.74, 6) is 1.35. The molecule has 49 heavy (non-hydrogen) atoms. The van der Waals surface area contributed by atoms with Crippen LogP contribution in [0.15, 0.2) is 78.4 Å². The second-order valence-electron chi connectivity index (χ2n) is 14.3. The summed E-state index contributed by atoms with van der Waals surface area (Å²) in [5, 5.41) is 12.0. The van der Waals surface area contributed by atoms with Crippen molar-refractivity contribution in [3.8, 4) is 11.5 Å². The number of carbonyl (C=O) groups excluding carboxylic acids is 2. The van der Waals surface area contributed by atoms with Gasteiger partial charge in [0.05, 0.1) is 38.3 Å². The Morgan fingerprint density at radius 3 is 2.67 bits per heavy atom. The molecule has 3 aliphatic carbocycles. The van der Waals surface area contributed by atoms with Crippen LogP contribution < -0.4 is 9.47 Å². The van der Waals surface area contributed by atoms with Crippen LogP contribution in [0.25, 0.3) is 10.1 Å². The van der Waals surface area contributed by atoms with E-state index in [1.165, 1.54) is 16.9 Å². The number of rotatable bonds is 6. The predicted octanol–water partition coefficient (Wildman–Crippen LogP) is 8.85. The van der Waals surface area contributed by atoms with E-state index in [4.69, 9.17) is 14.2 Å². The average molecular weight is 680 g/mol. The van der Waals surface area contributed by atoms with E-state index in [0.717, 1.165) is 52.5 Å². The Kier molecular flexibility index (Phi) is 9.05. The Hall–Kier alpha value is -4.14. The molecule has 1 aliphatic heterocycles. The third kappa shape index (κ3) is 6.14. The van der Waals surface area contributed by atoms with Gasteiger partial charge >= 0.3 is 6.09 Å². The van der Waals surface area contributed by atoms with E-state index >= 15 is 0 Å². The quantitative estimate of drug-likeness (QED) is 0.162. The Morgan fingerprint density at radius 2 is 1.88 bits per heavy atom. The third-order valence-electron chi connectivity index (χ3n) is 11.4. The maximum absolute atomic E-state index is 14.5. The van der Waals surface area contributed by atoms with Crippen LogP contribution in [0.1, 0.15) is 90.2 Å². The lowest BCUT2D eigenvalue weighted by Crippen LogP contribution is -2.48. The van der Waals surface area contributed by atoms with Crippen LogP contribution in [0, 0.1) is 5.41 Å². The van der Waals surface area contributed by atoms with Gasteiger partial charge in [0.1, 0.15) is 17.1 Å². The molecule has 1 spiro atoms. The molecule has 1 N–H and O–H groups in total. The summed E-state index contributed by atoms with van der Waals surface area (Å²) in [6.45, 7) is 5.23. The van der Waals surface area contributed by atoms with Gasteiger partial charge in [0, 0.05) is 27.3 Å². The van der Waals surface area contributed by atoms with Crippen LogP contribution in [0.2, 0.25) is 0 Å². The zero-order valence-electron chi connectivity index (χ0n) is 28.8. The van der Waals surface area contributed by atoms with Gasteiger partial charge in [0.25, 0.3) is 0 Å². The standard InChI is InChI=1S/C41H45NO6S/c1-26-8-7-18-40(2)34(17-19-41(40)25-42(39(45)48-41)24-29-13-15-31(46-3)23-35(29)47-4)32-16-12-27(20-30(43)14-11-26)21-33(32)38(44)37-22-28-9-5-6-10-36(28)49-37/h5-6,8-10,12-13,15-16,21-23,30,34,43H,7,11,14,17-20,24-25H2,1-4H3/t30-,34-,40-,41+/m0/s1. The highest BCUT2D eigenvalue weighted by molar-refractivity contribution is 7.21. The van der Waals surface area contributed by atoms with Gasteiger partial charge in [-0.05, 0) is 105 Å². The van der Waals surface area contributed by atoms with Crippen LogP contribution in [-0.4, -0.2) is 54.4 Å². The number of ether oxygens (including phenoxy) is 3. The maximum Gasteiger partial charge on any atom is 0.410 e. The number of amides is 1. The molecule has 1 amide bonds. The van der Waals surface area contributed by atoms with Crippen molar-refractivity contribution in [2.75, 3.05) is 20.8 Å². The maximum atomic E-state index is 14.5. The number of nitrogens with zero attached hydrogens (tertiary/aromatic N) is 1. The molecule has 3 aromatic carbocycles. The number of carbonyl (C=O) groups is 2. The van der Waals surface area contributed by atoms with E-state index in [2.05, 4.69) is 38.1 Å². The zero-order chi connectivity index (χ0) is 34.3. The molecule has 4 aromatic rings. The molecule has 1 saturated heterocycles. The largest absolute Gasteiger partial charge is 0.497 e. The minimum atomic E-state index is -0.722. The summed E-state index contributed by atoms with van der Waals surface area (Å²) in [4.78, 5) is 30.8. The van der Waals surface area contributed by atoms with Gasteiger partial charge < -0.3 is 19.3 Å². The van der Waals surface area contributed by atoms with Crippen molar-refractivity contribution in [1.29, 1.82) is 0 Å². The summed E-state index contributed by atoms with van der Waals surface area (Å²) in [5.41, 5.74) is 3.63. The van der Waals surface area contributed by atoms with Crippen LogP contribution >= 0.6 is 11.3 Å². The minimum absolute atomic E-state index is 0.00955. The van der Waals surface area contributed by atoms with Crippen molar-refractivity contribution in [3.05, 3.63) is 106 Å². The lowest BCUT2D eigenvalue weighted by atomic mass is 9.65. The van der Waals surface area contributed by atoms with E-state index in [-0.39, 0.29) is 17.8 Å². The summed E-state index contributed by atoms with van der Waals surface area (Å²) in [6, 6.07) is 22.0. The lowest BCUT2D eigenvalue weighted by Gasteiger charge is -2.43. The van der Waals surface area contributed by atoms with E-state index < -0.39 is 17.1 Å². The van der Waals surface area contributed by atoms with Crippen LogP contribution in [0.3, 0.4) is 0 Å². The molecule has 8 heteroatoms. The van der Waals surface area contributed by atoms with Gasteiger partial charge in [-0.15, -0.1) is 11.3 Å². The molecule has 2 fully saturated rings. The third-order valence-corrected chi connectivity index (χ3v) is 12.5. The monoisotopic (exact) mass is 679 g/mol. The van der Waals surface area contributed by atoms with Crippen molar-refractivity contribution in [1.82, 2.24) is 4.90 Å². The van der Waals surface area contributed by atoms with Crippen LogP contribution in [0.4, 0.5) is 4.79 Å². The molecular formula is C41H45NO6S. The van der Waals surface area contributed by atoms with E-state index in [1.807, 2.05) is 48.5 Å². The highest BCUT2D eigenvalue weighted by Gasteiger charge is 2.64. The molecule has 1 saturated carbocycles. The van der Waals surface area contributed by atoms with Crippen molar-refractivity contribution >= 4 is 33.3 Å². The number of thiophene rings is 1. The highest BCUT2D eigenvalue weighted by atomic mass is 32.1. The number of benzene rings is 3. The molecule has 1 aromatic heterocycles. The van der Waals surface area contributed by atoms with E-state index in [9.17, 15) is 14.7 Å². The number of methoxy groups -OCH3 is 2. The number of fused-ring (bicyclic) bond motifs is 9. The fourth-order valence-electron chi connectivity index (χ4n) is 8.52. The SMILES string of the molecule is COc1ccc(CN2C[C@@]3(CC[C@H]4c5ccc(cc5C(=O)c5cc6ccccc6s5)C[C@@H](O)CCC(C)=CCC[C@@]43C)OC2=O)c(OC)c1. The summed E-state index contributed by atoms with van der Waals surface area (Å²) < 4.78 is 18.7. The molecule has 4 aliphatic rings. The molecule has 4 atom stereocenters. The van der Waals surface area contributed by atoms with E-state index in [1.54, 1.807) is 19.1 Å². The highest BCUT2D eigenvalue weighted by Crippen LogP contribution is 2.62. The van der Waals surface area contributed by atoms with Crippen LogP contribution in [-0.2, 0) is 17.7 Å². The second-order valence-corrected chi connectivity index (χ2v) is 15.4. The zero-order valence-corrected chi connectivity index (χ0v) is 29.6. The Bertz CT molecular complexity index is 1900. The summed E-state index contributed by atoms with van der Waals surface area (Å²) >= 11 is 1.52. The number of ketones is 1. The molecule has 8 rings (SSSR count). The fraction of sp³-hybridized carbons (Fsp3) is 0.415. The average Bonchev–Trinajstić information content (AvgIpc) is 3.76. The van der Waals surface area contributed by atoms with Crippen LogP contribution in [0.5, 0.6) is 11.5 Å². The van der Waals surface area contributed by atoms with Gasteiger partial charge in [-0.2, -0.15) is 0 Å². The summed E-state index contributed by atoms with van der Waals surface area (Å²) in [6.07, 6.45) is 6.55. The first-order valence-electron chi connectivity index (χ1n) is 17.3. The normalized spacial score (nSPS) is 25.6. The van der Waals surface area contributed by atoms with Crippen molar-refractivity contribution in [2.45, 2.75) is 83.0 Å². The molecule has 0 unspecified atom stereocenters. The lowest BCUT2D eigenvalue weighted by molar-refractivity contribution is -0.0373. The molecule has 2 bridgehead atoms. The minimum Gasteiger partial charge on any atom is -0.497 e.